The second kappa shape index (κ2) is 19.3. The lowest BCUT2D eigenvalue weighted by Crippen LogP contribution is -2.45. The number of nitrogens with zero attached hydrogens (tertiary/aromatic N) is 1. The van der Waals surface area contributed by atoms with E-state index in [1.54, 1.807) is 0 Å². The summed E-state index contributed by atoms with van der Waals surface area (Å²) in [7, 11) is 2.34. The molecular formula is C26H55NO3P+. The van der Waals surface area contributed by atoms with Gasteiger partial charge >= 0.3 is 7.60 Å². The Hall–Kier alpha value is -0.150. The average Bonchev–Trinajstić information content (AvgIpc) is 2.70. The lowest BCUT2D eigenvalue weighted by molar-refractivity contribution is -0.883. The monoisotopic (exact) mass is 460 g/mol. The van der Waals surface area contributed by atoms with E-state index in [9.17, 15) is 9.46 Å². The minimum absolute atomic E-state index is 0.338. The summed E-state index contributed by atoms with van der Waals surface area (Å²) in [5.74, 6) is -0.338. The van der Waals surface area contributed by atoms with Gasteiger partial charge in [-0.2, -0.15) is 0 Å². The van der Waals surface area contributed by atoms with E-state index in [2.05, 4.69) is 19.1 Å². The molecule has 0 aromatic rings. The van der Waals surface area contributed by atoms with E-state index < -0.39 is 7.60 Å². The minimum atomic E-state index is -3.57. The van der Waals surface area contributed by atoms with Crippen molar-refractivity contribution >= 4 is 7.60 Å². The normalized spacial score (nSPS) is 15.4. The van der Waals surface area contributed by atoms with Gasteiger partial charge in [0.05, 0.1) is 27.7 Å². The predicted molar refractivity (Wildman–Crippen MR) is 137 cm³/mol. The predicted octanol–water partition coefficient (Wildman–Crippen LogP) is 8.45. The van der Waals surface area contributed by atoms with Crippen molar-refractivity contribution in [1.29, 1.82) is 0 Å². The first-order valence-electron chi connectivity index (χ1n) is 13.2. The van der Waals surface area contributed by atoms with Crippen molar-refractivity contribution in [2.24, 2.45) is 0 Å². The molecule has 186 valence electrons. The van der Waals surface area contributed by atoms with Gasteiger partial charge in [0.2, 0.25) is 0 Å². The summed E-state index contributed by atoms with van der Waals surface area (Å²) in [6.07, 6.45) is 25.5. The van der Waals surface area contributed by atoms with Crippen molar-refractivity contribution < 1.29 is 18.5 Å². The molecule has 0 bridgehead atoms. The van der Waals surface area contributed by atoms with E-state index >= 15 is 0 Å². The maximum absolute atomic E-state index is 12.6. The summed E-state index contributed by atoms with van der Waals surface area (Å²) in [5, 5.41) is 0. The summed E-state index contributed by atoms with van der Waals surface area (Å²) in [6, 6.07) is 0. The maximum atomic E-state index is 12.6. The molecule has 0 spiro atoms. The lowest BCUT2D eigenvalue weighted by Gasteiger charge is -2.35. The van der Waals surface area contributed by atoms with E-state index in [1.165, 1.54) is 83.5 Å². The molecule has 0 fully saturated rings. The van der Waals surface area contributed by atoms with E-state index in [-0.39, 0.29) is 5.78 Å². The fraction of sp³-hybridized carbons (Fsp3) is 0.923. The summed E-state index contributed by atoms with van der Waals surface area (Å²) >= 11 is 0. The summed E-state index contributed by atoms with van der Waals surface area (Å²) in [4.78, 5) is 10.4. The molecule has 31 heavy (non-hydrogen) atoms. The molecule has 0 radical (unpaired) electrons. The first-order chi connectivity index (χ1) is 14.8. The molecular weight excluding hydrogens is 405 g/mol. The van der Waals surface area contributed by atoms with Gasteiger partial charge in [0.25, 0.3) is 0 Å². The molecule has 0 heterocycles. The molecule has 0 amide bonds. The van der Waals surface area contributed by atoms with Crippen LogP contribution in [-0.2, 0) is 9.09 Å². The highest BCUT2D eigenvalue weighted by Gasteiger charge is 2.41. The highest BCUT2D eigenvalue weighted by Crippen LogP contribution is 2.51. The van der Waals surface area contributed by atoms with E-state index in [0.717, 1.165) is 19.3 Å². The molecule has 0 saturated carbocycles. The Labute approximate surface area is 195 Å². The Kier molecular flexibility index (Phi) is 19.2. The Morgan fingerprint density at radius 3 is 1.65 bits per heavy atom. The third-order valence-electron chi connectivity index (χ3n) is 6.00. The highest BCUT2D eigenvalue weighted by molar-refractivity contribution is 7.53. The SMILES string of the molecule is CCCCCCCCCCC=CCCCCCCCOP(=O)(O)C(CCC)[N+](C)(C)C. The molecule has 2 atom stereocenters. The summed E-state index contributed by atoms with van der Waals surface area (Å²) < 4.78 is 18.6. The van der Waals surface area contributed by atoms with Crippen LogP contribution in [0.3, 0.4) is 0 Å². The van der Waals surface area contributed by atoms with Crippen LogP contribution in [0, 0.1) is 0 Å². The van der Waals surface area contributed by atoms with Crippen LogP contribution in [0.4, 0.5) is 0 Å². The standard InChI is InChI=1S/C26H54NO3P/c1-6-8-9-10-11-12-13-14-15-16-17-18-19-20-21-22-23-25-30-31(28,29)26(24-7-2)27(3,4)5/h16-17,26H,6-15,18-25H2,1-5H3/p+1. The molecule has 5 heteroatoms. The van der Waals surface area contributed by atoms with Gasteiger partial charge in [-0.25, -0.2) is 0 Å². The Balaban J connectivity index is 3.59. The van der Waals surface area contributed by atoms with Crippen LogP contribution in [0.15, 0.2) is 12.2 Å². The fourth-order valence-corrected chi connectivity index (χ4v) is 6.08. The quantitative estimate of drug-likeness (QED) is 0.0763. The minimum Gasteiger partial charge on any atom is -0.320 e. The van der Waals surface area contributed by atoms with Crippen LogP contribution < -0.4 is 0 Å². The van der Waals surface area contributed by atoms with Crippen LogP contribution in [-0.4, -0.2) is 42.9 Å². The van der Waals surface area contributed by atoms with Crippen molar-refractivity contribution in [2.45, 2.75) is 129 Å². The lowest BCUT2D eigenvalue weighted by atomic mass is 10.1. The van der Waals surface area contributed by atoms with Crippen LogP contribution in [0.2, 0.25) is 0 Å². The Morgan fingerprint density at radius 1 is 0.742 bits per heavy atom. The van der Waals surface area contributed by atoms with E-state index in [1.807, 2.05) is 28.1 Å². The Bertz CT molecular complexity index is 474. The van der Waals surface area contributed by atoms with Crippen LogP contribution in [0.1, 0.15) is 123 Å². The van der Waals surface area contributed by atoms with E-state index in [4.69, 9.17) is 4.52 Å². The van der Waals surface area contributed by atoms with Crippen LogP contribution in [0.5, 0.6) is 0 Å². The zero-order valence-corrected chi connectivity index (χ0v) is 22.5. The first-order valence-corrected chi connectivity index (χ1v) is 14.8. The van der Waals surface area contributed by atoms with Crippen molar-refractivity contribution in [3.05, 3.63) is 12.2 Å². The molecule has 0 rings (SSSR count). The number of hydrogen-bond donors (Lipinski definition) is 1. The number of quaternary nitrogens is 1. The number of unbranched alkanes of at least 4 members (excludes halogenated alkanes) is 13. The molecule has 0 aromatic carbocycles. The third-order valence-corrected chi connectivity index (χ3v) is 8.26. The second-order valence-corrected chi connectivity index (χ2v) is 12.1. The van der Waals surface area contributed by atoms with Crippen LogP contribution in [0.25, 0.3) is 0 Å². The zero-order chi connectivity index (χ0) is 23.4. The number of allylic oxidation sites excluding steroid dienone is 2. The van der Waals surface area contributed by atoms with Crippen molar-refractivity contribution in [3.63, 3.8) is 0 Å². The van der Waals surface area contributed by atoms with Gasteiger partial charge < -0.3 is 13.9 Å². The molecule has 0 aliphatic heterocycles. The highest BCUT2D eigenvalue weighted by atomic mass is 31.2. The van der Waals surface area contributed by atoms with Gasteiger partial charge in [-0.1, -0.05) is 90.2 Å². The molecule has 1 N–H and O–H groups in total. The number of hydrogen-bond acceptors (Lipinski definition) is 2. The maximum Gasteiger partial charge on any atom is 0.385 e. The fourth-order valence-electron chi connectivity index (χ4n) is 4.05. The van der Waals surface area contributed by atoms with Gasteiger partial charge in [0, 0.05) is 6.42 Å². The van der Waals surface area contributed by atoms with Gasteiger partial charge in [-0.3, -0.25) is 4.57 Å². The number of rotatable bonds is 22. The van der Waals surface area contributed by atoms with Crippen molar-refractivity contribution in [2.75, 3.05) is 27.7 Å². The molecule has 0 aliphatic carbocycles. The van der Waals surface area contributed by atoms with Gasteiger partial charge in [-0.05, 0) is 38.5 Å². The average molecular weight is 461 g/mol. The smallest absolute Gasteiger partial charge is 0.320 e. The third kappa shape index (κ3) is 18.0. The van der Waals surface area contributed by atoms with Crippen LogP contribution >= 0.6 is 7.60 Å². The summed E-state index contributed by atoms with van der Waals surface area (Å²) in [6.45, 7) is 4.72. The van der Waals surface area contributed by atoms with E-state index in [0.29, 0.717) is 17.5 Å². The van der Waals surface area contributed by atoms with Crippen molar-refractivity contribution in [1.82, 2.24) is 0 Å². The zero-order valence-electron chi connectivity index (χ0n) is 21.6. The van der Waals surface area contributed by atoms with Gasteiger partial charge in [0.1, 0.15) is 0 Å². The van der Waals surface area contributed by atoms with Gasteiger partial charge in [-0.15, -0.1) is 0 Å². The first kappa shape index (κ1) is 30.9. The molecule has 0 saturated heterocycles. The second-order valence-electron chi connectivity index (χ2n) is 10.1. The Morgan fingerprint density at radius 2 is 1.19 bits per heavy atom. The summed E-state index contributed by atoms with van der Waals surface area (Å²) in [5.41, 5.74) is 0. The molecule has 0 aliphatic rings. The van der Waals surface area contributed by atoms with Gasteiger partial charge in [0.15, 0.2) is 5.78 Å². The van der Waals surface area contributed by atoms with Crippen molar-refractivity contribution in [3.8, 4) is 0 Å². The largest absolute Gasteiger partial charge is 0.385 e. The molecule has 4 nitrogen and oxygen atoms in total. The molecule has 0 aromatic heterocycles. The topological polar surface area (TPSA) is 46.5 Å². The molecule has 2 unspecified atom stereocenters.